The van der Waals surface area contributed by atoms with Gasteiger partial charge in [-0.1, -0.05) is 6.92 Å². The summed E-state index contributed by atoms with van der Waals surface area (Å²) in [6.07, 6.45) is -5.24. The maximum atomic E-state index is 11.9. The van der Waals surface area contributed by atoms with Crippen LogP contribution in [0, 0.1) is 5.92 Å². The lowest BCUT2D eigenvalue weighted by atomic mass is 10.0. The molecule has 0 saturated carbocycles. The average Bonchev–Trinajstić information content (AvgIpc) is 1.99. The van der Waals surface area contributed by atoms with Gasteiger partial charge in [0.25, 0.3) is 0 Å². The highest BCUT2D eigenvalue weighted by molar-refractivity contribution is 5.72. The van der Waals surface area contributed by atoms with Crippen molar-refractivity contribution in [2.75, 3.05) is 6.61 Å². The van der Waals surface area contributed by atoms with Crippen LogP contribution in [0.15, 0.2) is 0 Å². The number of esters is 1. The van der Waals surface area contributed by atoms with Gasteiger partial charge in [-0.3, -0.25) is 4.79 Å². The van der Waals surface area contributed by atoms with Gasteiger partial charge in [0.05, 0.1) is 18.9 Å². The van der Waals surface area contributed by atoms with Crippen molar-refractivity contribution in [3.63, 3.8) is 0 Å². The van der Waals surface area contributed by atoms with Crippen molar-refractivity contribution >= 4 is 5.97 Å². The van der Waals surface area contributed by atoms with E-state index in [1.54, 1.807) is 6.92 Å². The summed E-state index contributed by atoms with van der Waals surface area (Å²) in [7, 11) is 0. The molecule has 0 saturated heterocycles. The van der Waals surface area contributed by atoms with Crippen LogP contribution >= 0.6 is 0 Å². The minimum atomic E-state index is -4.30. The summed E-state index contributed by atoms with van der Waals surface area (Å²) in [5.41, 5.74) is 0. The Morgan fingerprint density at radius 3 is 2.23 bits per heavy atom. The molecule has 0 fully saturated rings. The van der Waals surface area contributed by atoms with Crippen molar-refractivity contribution < 1.29 is 22.7 Å². The minimum absolute atomic E-state index is 0.118. The largest absolute Gasteiger partial charge is 0.466 e. The number of halogens is 3. The smallest absolute Gasteiger partial charge is 0.389 e. The molecule has 1 atom stereocenters. The van der Waals surface area contributed by atoms with Gasteiger partial charge in [-0.25, -0.2) is 0 Å². The molecule has 0 rings (SSSR count). The predicted octanol–water partition coefficient (Wildman–Crippen LogP) is 2.53. The van der Waals surface area contributed by atoms with E-state index in [-0.39, 0.29) is 13.0 Å². The third-order valence-electron chi connectivity index (χ3n) is 1.59. The molecule has 0 amide bonds. The van der Waals surface area contributed by atoms with Crippen LogP contribution in [-0.2, 0) is 9.53 Å². The third-order valence-corrected chi connectivity index (χ3v) is 1.59. The number of alkyl halides is 3. The fourth-order valence-corrected chi connectivity index (χ4v) is 0.934. The van der Waals surface area contributed by atoms with E-state index in [1.165, 1.54) is 6.92 Å². The van der Waals surface area contributed by atoms with Crippen molar-refractivity contribution in [3.8, 4) is 0 Å². The Morgan fingerprint density at radius 2 is 1.92 bits per heavy atom. The van der Waals surface area contributed by atoms with Crippen LogP contribution in [0.1, 0.15) is 26.7 Å². The van der Waals surface area contributed by atoms with E-state index in [9.17, 15) is 18.0 Å². The molecule has 0 spiro atoms. The second-order valence-corrected chi connectivity index (χ2v) is 2.68. The molecule has 0 heterocycles. The maximum absolute atomic E-state index is 11.9. The van der Waals surface area contributed by atoms with Gasteiger partial charge in [-0.2, -0.15) is 13.2 Å². The predicted molar refractivity (Wildman–Crippen MR) is 41.1 cm³/mol. The summed E-state index contributed by atoms with van der Waals surface area (Å²) in [6, 6.07) is 0. The van der Waals surface area contributed by atoms with E-state index >= 15 is 0 Å². The summed E-state index contributed by atoms with van der Waals surface area (Å²) >= 11 is 0. The molecule has 1 unspecified atom stereocenters. The molecule has 0 aliphatic carbocycles. The summed E-state index contributed by atoms with van der Waals surface area (Å²) in [4.78, 5) is 10.9. The number of rotatable bonds is 4. The Morgan fingerprint density at radius 1 is 1.38 bits per heavy atom. The zero-order valence-corrected chi connectivity index (χ0v) is 7.65. The number of carbonyl (C=O) groups is 1. The zero-order chi connectivity index (χ0) is 10.5. The summed E-state index contributed by atoms with van der Waals surface area (Å²) in [5.74, 6) is -1.82. The number of carbonyl (C=O) groups excluding carboxylic acids is 1. The van der Waals surface area contributed by atoms with Gasteiger partial charge in [0.1, 0.15) is 0 Å². The zero-order valence-electron chi connectivity index (χ0n) is 7.65. The van der Waals surface area contributed by atoms with E-state index in [4.69, 9.17) is 0 Å². The van der Waals surface area contributed by atoms with Crippen LogP contribution in [0.3, 0.4) is 0 Å². The van der Waals surface area contributed by atoms with Crippen molar-refractivity contribution in [2.45, 2.75) is 32.9 Å². The maximum Gasteiger partial charge on any atom is 0.389 e. The van der Waals surface area contributed by atoms with Gasteiger partial charge in [-0.05, 0) is 13.3 Å². The van der Waals surface area contributed by atoms with Crippen molar-refractivity contribution in [2.24, 2.45) is 5.92 Å². The Balaban J connectivity index is 4.10. The molecule has 0 bridgehead atoms. The molecule has 0 N–H and O–H groups in total. The number of hydrogen-bond acceptors (Lipinski definition) is 2. The highest BCUT2D eigenvalue weighted by Gasteiger charge is 2.34. The van der Waals surface area contributed by atoms with Crippen molar-refractivity contribution in [3.05, 3.63) is 0 Å². The molecule has 0 radical (unpaired) electrons. The molecule has 0 aliphatic heterocycles. The molecule has 78 valence electrons. The fraction of sp³-hybridized carbons (Fsp3) is 0.875. The first-order valence-corrected chi connectivity index (χ1v) is 4.14. The van der Waals surface area contributed by atoms with Crippen molar-refractivity contribution in [1.82, 2.24) is 0 Å². The number of hydrogen-bond donors (Lipinski definition) is 0. The van der Waals surface area contributed by atoms with E-state index < -0.39 is 24.5 Å². The quantitative estimate of drug-likeness (QED) is 0.649. The highest BCUT2D eigenvalue weighted by atomic mass is 19.4. The molecule has 0 aromatic heterocycles. The molecule has 5 heteroatoms. The van der Waals surface area contributed by atoms with Gasteiger partial charge in [-0.15, -0.1) is 0 Å². The first-order chi connectivity index (χ1) is 5.90. The van der Waals surface area contributed by atoms with E-state index in [0.717, 1.165) is 0 Å². The van der Waals surface area contributed by atoms with Gasteiger partial charge >= 0.3 is 12.1 Å². The van der Waals surface area contributed by atoms with Gasteiger partial charge in [0, 0.05) is 0 Å². The summed E-state index contributed by atoms with van der Waals surface area (Å²) in [5, 5.41) is 0. The van der Waals surface area contributed by atoms with Crippen LogP contribution in [-0.4, -0.2) is 18.8 Å². The van der Waals surface area contributed by atoms with Crippen LogP contribution in [0.2, 0.25) is 0 Å². The Hall–Kier alpha value is -0.740. The second kappa shape index (κ2) is 5.09. The van der Waals surface area contributed by atoms with Crippen LogP contribution < -0.4 is 0 Å². The van der Waals surface area contributed by atoms with Crippen LogP contribution in [0.4, 0.5) is 13.2 Å². The van der Waals surface area contributed by atoms with Gasteiger partial charge < -0.3 is 4.74 Å². The SMILES string of the molecule is CCOC(=O)C(CC)CC(F)(F)F. The van der Waals surface area contributed by atoms with Gasteiger partial charge in [0.15, 0.2) is 0 Å². The standard InChI is InChI=1S/C8H13F3O2/c1-3-6(5-8(9,10)11)7(12)13-4-2/h6H,3-5H2,1-2H3. The highest BCUT2D eigenvalue weighted by Crippen LogP contribution is 2.27. The molecule has 0 aliphatic rings. The first-order valence-electron chi connectivity index (χ1n) is 4.14. The average molecular weight is 198 g/mol. The monoisotopic (exact) mass is 198 g/mol. The summed E-state index contributed by atoms with van der Waals surface area (Å²) in [6.45, 7) is 3.22. The van der Waals surface area contributed by atoms with Gasteiger partial charge in [0.2, 0.25) is 0 Å². The Kier molecular flexibility index (Phi) is 4.80. The Bertz CT molecular complexity index is 165. The topological polar surface area (TPSA) is 26.3 Å². The van der Waals surface area contributed by atoms with Crippen molar-refractivity contribution in [1.29, 1.82) is 0 Å². The molecule has 13 heavy (non-hydrogen) atoms. The lowest BCUT2D eigenvalue weighted by molar-refractivity contribution is -0.167. The lowest BCUT2D eigenvalue weighted by Gasteiger charge is -2.14. The lowest BCUT2D eigenvalue weighted by Crippen LogP contribution is -2.23. The van der Waals surface area contributed by atoms with E-state index in [0.29, 0.717) is 0 Å². The minimum Gasteiger partial charge on any atom is -0.466 e. The van der Waals surface area contributed by atoms with Crippen LogP contribution in [0.25, 0.3) is 0 Å². The molecule has 0 aromatic carbocycles. The summed E-state index contributed by atoms with van der Waals surface area (Å²) < 4.78 is 40.2. The molecular weight excluding hydrogens is 185 g/mol. The molecule has 2 nitrogen and oxygen atoms in total. The second-order valence-electron chi connectivity index (χ2n) is 2.68. The molecular formula is C8H13F3O2. The third kappa shape index (κ3) is 5.49. The van der Waals surface area contributed by atoms with Crippen LogP contribution in [0.5, 0.6) is 0 Å². The first kappa shape index (κ1) is 12.3. The fourth-order valence-electron chi connectivity index (χ4n) is 0.934. The number of ether oxygens (including phenoxy) is 1. The normalized spacial score (nSPS) is 13.9. The molecule has 0 aromatic rings. The van der Waals surface area contributed by atoms with E-state index in [1.807, 2.05) is 0 Å². The Labute approximate surface area is 75.1 Å². The van der Waals surface area contributed by atoms with E-state index in [2.05, 4.69) is 4.74 Å².